The number of carbonyl (C=O) groups is 1. The maximum atomic E-state index is 11.2. The average Bonchev–Trinajstić information content (AvgIpc) is 2.45. The third kappa shape index (κ3) is 1.85. The van der Waals surface area contributed by atoms with Crippen molar-refractivity contribution < 1.29 is 9.90 Å². The molecule has 1 saturated carbocycles. The van der Waals surface area contributed by atoms with Gasteiger partial charge in [-0.2, -0.15) is 0 Å². The smallest absolute Gasteiger partial charge is 0.324 e. The fourth-order valence-electron chi connectivity index (χ4n) is 2.18. The van der Waals surface area contributed by atoms with E-state index in [-0.39, 0.29) is 5.92 Å². The molecule has 3 nitrogen and oxygen atoms in total. The SMILES string of the molecule is CCCNC1(C(=O)O)CCCC1C. The van der Waals surface area contributed by atoms with Gasteiger partial charge in [0.05, 0.1) is 0 Å². The molecular weight excluding hydrogens is 166 g/mol. The lowest BCUT2D eigenvalue weighted by molar-refractivity contribution is -0.146. The van der Waals surface area contributed by atoms with Crippen LogP contribution in [0.5, 0.6) is 0 Å². The molecule has 0 aromatic carbocycles. The van der Waals surface area contributed by atoms with Crippen LogP contribution in [0.1, 0.15) is 39.5 Å². The van der Waals surface area contributed by atoms with E-state index in [1.807, 2.05) is 6.92 Å². The maximum absolute atomic E-state index is 11.2. The van der Waals surface area contributed by atoms with Crippen LogP contribution in [-0.2, 0) is 4.79 Å². The number of aliphatic carboxylic acids is 1. The normalized spacial score (nSPS) is 33.5. The van der Waals surface area contributed by atoms with Crippen molar-refractivity contribution in [2.45, 2.75) is 45.1 Å². The zero-order chi connectivity index (χ0) is 9.90. The van der Waals surface area contributed by atoms with E-state index in [0.29, 0.717) is 0 Å². The van der Waals surface area contributed by atoms with Crippen LogP contribution < -0.4 is 5.32 Å². The predicted octanol–water partition coefficient (Wildman–Crippen LogP) is 1.63. The van der Waals surface area contributed by atoms with Gasteiger partial charge >= 0.3 is 5.97 Å². The first-order valence-electron chi connectivity index (χ1n) is 5.12. The molecule has 1 aliphatic carbocycles. The van der Waals surface area contributed by atoms with Gasteiger partial charge in [0.1, 0.15) is 5.54 Å². The van der Waals surface area contributed by atoms with Crippen molar-refractivity contribution in [2.24, 2.45) is 5.92 Å². The minimum absolute atomic E-state index is 0.261. The van der Waals surface area contributed by atoms with Crippen LogP contribution in [0.15, 0.2) is 0 Å². The van der Waals surface area contributed by atoms with Gasteiger partial charge in [-0.1, -0.05) is 20.3 Å². The van der Waals surface area contributed by atoms with Crippen LogP contribution in [-0.4, -0.2) is 23.2 Å². The molecule has 1 rings (SSSR count). The Kier molecular flexibility index (Phi) is 3.31. The number of carboxylic acids is 1. The Morgan fingerprint density at radius 3 is 2.77 bits per heavy atom. The molecule has 0 aromatic heterocycles. The summed E-state index contributed by atoms with van der Waals surface area (Å²) in [4.78, 5) is 11.2. The van der Waals surface area contributed by atoms with E-state index in [4.69, 9.17) is 0 Å². The van der Waals surface area contributed by atoms with Crippen molar-refractivity contribution in [3.8, 4) is 0 Å². The molecule has 13 heavy (non-hydrogen) atoms. The van der Waals surface area contributed by atoms with Gasteiger partial charge < -0.3 is 10.4 Å². The third-order valence-electron chi connectivity index (χ3n) is 3.12. The summed E-state index contributed by atoms with van der Waals surface area (Å²) in [5.74, 6) is -0.414. The summed E-state index contributed by atoms with van der Waals surface area (Å²) in [6.45, 7) is 4.89. The molecule has 2 unspecified atom stereocenters. The second kappa shape index (κ2) is 4.09. The topological polar surface area (TPSA) is 49.3 Å². The van der Waals surface area contributed by atoms with Crippen LogP contribution in [0, 0.1) is 5.92 Å². The second-order valence-electron chi connectivity index (χ2n) is 4.00. The number of hydrogen-bond donors (Lipinski definition) is 2. The fourth-order valence-corrected chi connectivity index (χ4v) is 2.18. The van der Waals surface area contributed by atoms with Crippen molar-refractivity contribution in [3.63, 3.8) is 0 Å². The first-order chi connectivity index (χ1) is 6.13. The highest BCUT2D eigenvalue weighted by atomic mass is 16.4. The van der Waals surface area contributed by atoms with Crippen LogP contribution in [0.25, 0.3) is 0 Å². The van der Waals surface area contributed by atoms with Crippen molar-refractivity contribution in [3.05, 3.63) is 0 Å². The molecular formula is C10H19NO2. The standard InChI is InChI=1S/C10H19NO2/c1-3-7-11-10(9(12)13)6-4-5-8(10)2/h8,11H,3-7H2,1-2H3,(H,12,13). The van der Waals surface area contributed by atoms with Crippen LogP contribution in [0.3, 0.4) is 0 Å². The zero-order valence-electron chi connectivity index (χ0n) is 8.47. The molecule has 0 amide bonds. The van der Waals surface area contributed by atoms with E-state index >= 15 is 0 Å². The van der Waals surface area contributed by atoms with Gasteiger partial charge in [0.15, 0.2) is 0 Å². The van der Waals surface area contributed by atoms with Crippen LogP contribution in [0.2, 0.25) is 0 Å². The molecule has 0 saturated heterocycles. The number of hydrogen-bond acceptors (Lipinski definition) is 2. The summed E-state index contributed by atoms with van der Waals surface area (Å²) in [6.07, 6.45) is 3.83. The highest BCUT2D eigenvalue weighted by molar-refractivity contribution is 5.79. The first-order valence-corrected chi connectivity index (χ1v) is 5.12. The number of nitrogens with one attached hydrogen (secondary N) is 1. The second-order valence-corrected chi connectivity index (χ2v) is 4.00. The minimum Gasteiger partial charge on any atom is -0.480 e. The molecule has 1 aliphatic rings. The van der Waals surface area contributed by atoms with Crippen molar-refractivity contribution in [2.75, 3.05) is 6.54 Å². The first kappa shape index (κ1) is 10.5. The van der Waals surface area contributed by atoms with E-state index < -0.39 is 11.5 Å². The van der Waals surface area contributed by atoms with Crippen molar-refractivity contribution in [1.82, 2.24) is 5.32 Å². The summed E-state index contributed by atoms with van der Waals surface area (Å²) in [6, 6.07) is 0. The van der Waals surface area contributed by atoms with Gasteiger partial charge in [-0.15, -0.1) is 0 Å². The Hall–Kier alpha value is -0.570. The highest BCUT2D eigenvalue weighted by Gasteiger charge is 2.46. The monoisotopic (exact) mass is 185 g/mol. The predicted molar refractivity (Wildman–Crippen MR) is 51.7 cm³/mol. The Bertz CT molecular complexity index is 193. The maximum Gasteiger partial charge on any atom is 0.324 e. The van der Waals surface area contributed by atoms with Crippen LogP contribution >= 0.6 is 0 Å². The lowest BCUT2D eigenvalue weighted by atomic mass is 9.88. The summed E-state index contributed by atoms with van der Waals surface area (Å²) in [5, 5.41) is 12.4. The summed E-state index contributed by atoms with van der Waals surface area (Å²) in [7, 11) is 0. The van der Waals surface area contributed by atoms with Gasteiger partial charge in [-0.05, 0) is 31.7 Å². The van der Waals surface area contributed by atoms with E-state index in [1.165, 1.54) is 0 Å². The van der Waals surface area contributed by atoms with Crippen molar-refractivity contribution >= 4 is 5.97 Å². The Balaban J connectivity index is 2.68. The molecule has 0 heterocycles. The summed E-state index contributed by atoms with van der Waals surface area (Å²) in [5.41, 5.74) is -0.629. The molecule has 1 fully saturated rings. The summed E-state index contributed by atoms with van der Waals surface area (Å²) < 4.78 is 0. The Morgan fingerprint density at radius 1 is 1.69 bits per heavy atom. The van der Waals surface area contributed by atoms with Gasteiger partial charge in [0.25, 0.3) is 0 Å². The molecule has 0 radical (unpaired) electrons. The number of carboxylic acid groups (broad SMARTS) is 1. The van der Waals surface area contributed by atoms with E-state index in [9.17, 15) is 9.90 Å². The molecule has 3 heteroatoms. The van der Waals surface area contributed by atoms with Gasteiger partial charge in [-0.3, -0.25) is 4.79 Å². The molecule has 76 valence electrons. The van der Waals surface area contributed by atoms with Gasteiger partial charge in [0.2, 0.25) is 0 Å². The quantitative estimate of drug-likeness (QED) is 0.700. The van der Waals surface area contributed by atoms with E-state index in [2.05, 4.69) is 12.2 Å². The lowest BCUT2D eigenvalue weighted by Gasteiger charge is -2.30. The molecule has 0 aromatic rings. The average molecular weight is 185 g/mol. The largest absolute Gasteiger partial charge is 0.480 e. The van der Waals surface area contributed by atoms with Crippen molar-refractivity contribution in [1.29, 1.82) is 0 Å². The molecule has 2 N–H and O–H groups in total. The molecule has 0 aliphatic heterocycles. The Labute approximate surface area is 79.5 Å². The fraction of sp³-hybridized carbons (Fsp3) is 0.900. The molecule has 2 atom stereocenters. The van der Waals surface area contributed by atoms with Gasteiger partial charge in [0, 0.05) is 0 Å². The van der Waals surface area contributed by atoms with E-state index in [1.54, 1.807) is 0 Å². The molecule has 0 bridgehead atoms. The van der Waals surface area contributed by atoms with E-state index in [0.717, 1.165) is 32.2 Å². The highest BCUT2D eigenvalue weighted by Crippen LogP contribution is 2.35. The zero-order valence-corrected chi connectivity index (χ0v) is 8.47. The van der Waals surface area contributed by atoms with Gasteiger partial charge in [-0.25, -0.2) is 0 Å². The minimum atomic E-state index is -0.675. The number of rotatable bonds is 4. The molecule has 0 spiro atoms. The van der Waals surface area contributed by atoms with Crippen LogP contribution in [0.4, 0.5) is 0 Å². The Morgan fingerprint density at radius 2 is 2.38 bits per heavy atom. The lowest BCUT2D eigenvalue weighted by Crippen LogP contribution is -2.54. The third-order valence-corrected chi connectivity index (χ3v) is 3.12. The summed E-state index contributed by atoms with van der Waals surface area (Å²) >= 11 is 0.